The summed E-state index contributed by atoms with van der Waals surface area (Å²) in [5.41, 5.74) is 0.688. The van der Waals surface area contributed by atoms with E-state index in [-0.39, 0.29) is 0 Å². The Morgan fingerprint density at radius 1 is 1.52 bits per heavy atom. The number of hydrogen-bond donors (Lipinski definition) is 1. The van der Waals surface area contributed by atoms with Crippen LogP contribution in [-0.4, -0.2) is 33.2 Å². The van der Waals surface area contributed by atoms with Crippen LogP contribution in [0.1, 0.15) is 27.2 Å². The van der Waals surface area contributed by atoms with Crippen LogP contribution in [0.4, 0.5) is 5.69 Å². The summed E-state index contributed by atoms with van der Waals surface area (Å²) in [7, 11) is 0. The molecule has 23 heavy (non-hydrogen) atoms. The molecule has 0 bridgehead atoms. The molecule has 120 valence electrons. The van der Waals surface area contributed by atoms with E-state index in [1.54, 1.807) is 23.6 Å². The van der Waals surface area contributed by atoms with E-state index in [0.29, 0.717) is 16.4 Å². The van der Waals surface area contributed by atoms with Crippen molar-refractivity contribution >= 4 is 28.7 Å². The molecule has 0 atom stereocenters. The van der Waals surface area contributed by atoms with Gasteiger partial charge < -0.3 is 5.32 Å². The van der Waals surface area contributed by atoms with E-state index < -0.39 is 5.66 Å². The van der Waals surface area contributed by atoms with Crippen molar-refractivity contribution < 1.29 is 0 Å². The van der Waals surface area contributed by atoms with Crippen LogP contribution in [0.15, 0.2) is 46.0 Å². The molecule has 0 radical (unpaired) electrons. The van der Waals surface area contributed by atoms with Gasteiger partial charge in [0.05, 0.1) is 11.9 Å². The predicted octanol–water partition coefficient (Wildman–Crippen LogP) is 3.44. The summed E-state index contributed by atoms with van der Waals surface area (Å²) in [5.74, 6) is 0.620. The molecule has 2 rings (SSSR count). The summed E-state index contributed by atoms with van der Waals surface area (Å²) < 4.78 is 0. The minimum Gasteiger partial charge on any atom is -0.338 e. The first-order valence-electron chi connectivity index (χ1n) is 7.31. The van der Waals surface area contributed by atoms with Crippen LogP contribution in [-0.2, 0) is 0 Å². The fourth-order valence-corrected chi connectivity index (χ4v) is 2.79. The topological polar surface area (TPSA) is 76.7 Å². The second-order valence-electron chi connectivity index (χ2n) is 5.34. The molecule has 1 aromatic heterocycles. The number of nitriles is 1. The second kappa shape index (κ2) is 7.29. The average Bonchev–Trinajstić information content (AvgIpc) is 2.54. The third kappa shape index (κ3) is 3.71. The Morgan fingerprint density at radius 3 is 2.87 bits per heavy atom. The lowest BCUT2D eigenvalue weighted by molar-refractivity contribution is 0.181. The fourth-order valence-electron chi connectivity index (χ4n) is 2.13. The zero-order chi connectivity index (χ0) is 16.9. The van der Waals surface area contributed by atoms with Crippen molar-refractivity contribution in [1.82, 2.24) is 9.99 Å². The van der Waals surface area contributed by atoms with Crippen LogP contribution in [0.25, 0.3) is 0 Å². The van der Waals surface area contributed by atoms with Gasteiger partial charge in [0.25, 0.3) is 0 Å². The SMILES string of the molecule is CC/C=N\N1C(Nc2cccnc2)=C(C#N)C(SC)=NC1(C)C. The molecular weight excluding hydrogens is 308 g/mol. The van der Waals surface area contributed by atoms with Crippen molar-refractivity contribution in [2.45, 2.75) is 32.9 Å². The molecule has 0 spiro atoms. The summed E-state index contributed by atoms with van der Waals surface area (Å²) in [6, 6.07) is 5.99. The summed E-state index contributed by atoms with van der Waals surface area (Å²) in [4.78, 5) is 8.77. The van der Waals surface area contributed by atoms with E-state index in [1.165, 1.54) is 11.8 Å². The Labute approximate surface area is 141 Å². The lowest BCUT2D eigenvalue weighted by atomic mass is 10.1. The summed E-state index contributed by atoms with van der Waals surface area (Å²) >= 11 is 1.46. The number of hydrazone groups is 1. The molecule has 0 fully saturated rings. The lowest BCUT2D eigenvalue weighted by Gasteiger charge is -2.38. The van der Waals surface area contributed by atoms with Gasteiger partial charge in [-0.25, -0.2) is 10.0 Å². The molecule has 6 nitrogen and oxygen atoms in total. The van der Waals surface area contributed by atoms with Crippen LogP contribution >= 0.6 is 11.8 Å². The van der Waals surface area contributed by atoms with Crippen molar-refractivity contribution in [2.75, 3.05) is 11.6 Å². The number of rotatable bonds is 4. The average molecular weight is 328 g/mol. The maximum absolute atomic E-state index is 9.62. The number of pyridine rings is 1. The van der Waals surface area contributed by atoms with Gasteiger partial charge in [-0.2, -0.15) is 10.4 Å². The van der Waals surface area contributed by atoms with Gasteiger partial charge in [-0.15, -0.1) is 11.8 Å². The maximum atomic E-state index is 9.62. The third-order valence-electron chi connectivity index (χ3n) is 3.17. The summed E-state index contributed by atoms with van der Waals surface area (Å²) in [5, 5.41) is 19.8. The number of nitrogens with one attached hydrogen (secondary N) is 1. The standard InChI is InChI=1S/C16H20N6S/c1-5-8-19-22-14(20-12-7-6-9-18-11-12)13(10-17)15(23-4)21-16(22,2)3/h6-9,11,20H,5H2,1-4H3/b19-8-. The van der Waals surface area contributed by atoms with Crippen molar-refractivity contribution in [3.63, 3.8) is 0 Å². The fraction of sp³-hybridized carbons (Fsp3) is 0.375. The molecule has 1 aromatic rings. The lowest BCUT2D eigenvalue weighted by Crippen LogP contribution is -2.44. The Hall–Kier alpha value is -2.33. The first kappa shape index (κ1) is 17.0. The highest BCUT2D eigenvalue weighted by atomic mass is 32.2. The Balaban J connectivity index is 2.55. The first-order chi connectivity index (χ1) is 11.0. The highest BCUT2D eigenvalue weighted by Crippen LogP contribution is 2.33. The molecule has 0 aliphatic carbocycles. The summed E-state index contributed by atoms with van der Waals surface area (Å²) in [6.45, 7) is 5.95. The van der Waals surface area contributed by atoms with Crippen LogP contribution in [0.3, 0.4) is 0 Å². The van der Waals surface area contributed by atoms with Crippen molar-refractivity contribution in [3.8, 4) is 6.07 Å². The molecular formula is C16H20N6S. The number of thioether (sulfide) groups is 1. The molecule has 2 heterocycles. The minimum absolute atomic E-state index is 0.480. The molecule has 0 saturated carbocycles. The van der Waals surface area contributed by atoms with Gasteiger partial charge in [-0.1, -0.05) is 6.92 Å². The number of anilines is 1. The first-order valence-corrected chi connectivity index (χ1v) is 8.54. The van der Waals surface area contributed by atoms with Gasteiger partial charge in [0.2, 0.25) is 0 Å². The Bertz CT molecular complexity index is 684. The van der Waals surface area contributed by atoms with E-state index in [9.17, 15) is 5.26 Å². The van der Waals surface area contributed by atoms with Gasteiger partial charge in [0, 0.05) is 12.4 Å². The minimum atomic E-state index is -0.588. The van der Waals surface area contributed by atoms with Gasteiger partial charge in [-0.3, -0.25) is 4.98 Å². The van der Waals surface area contributed by atoms with Gasteiger partial charge in [-0.05, 0) is 38.7 Å². The van der Waals surface area contributed by atoms with E-state index in [4.69, 9.17) is 0 Å². The van der Waals surface area contributed by atoms with Crippen LogP contribution in [0.2, 0.25) is 0 Å². The largest absolute Gasteiger partial charge is 0.338 e. The monoisotopic (exact) mass is 328 g/mol. The van der Waals surface area contributed by atoms with Gasteiger partial charge in [0.15, 0.2) is 5.82 Å². The number of nitrogens with zero attached hydrogens (tertiary/aromatic N) is 5. The van der Waals surface area contributed by atoms with E-state index in [1.807, 2.05) is 39.2 Å². The smallest absolute Gasteiger partial charge is 0.150 e. The zero-order valence-corrected chi connectivity index (χ0v) is 14.6. The predicted molar refractivity (Wildman–Crippen MR) is 96.1 cm³/mol. The Kier molecular flexibility index (Phi) is 5.40. The van der Waals surface area contributed by atoms with Gasteiger partial charge >= 0.3 is 0 Å². The van der Waals surface area contributed by atoms with Crippen molar-refractivity contribution in [1.29, 1.82) is 5.26 Å². The Morgan fingerprint density at radius 2 is 2.30 bits per heavy atom. The van der Waals surface area contributed by atoms with E-state index in [2.05, 4.69) is 26.5 Å². The van der Waals surface area contributed by atoms with Crippen LogP contribution < -0.4 is 5.32 Å². The number of aromatic nitrogens is 1. The normalized spacial score (nSPS) is 17.2. The second-order valence-corrected chi connectivity index (χ2v) is 6.13. The molecule has 0 unspecified atom stereocenters. The molecule has 0 amide bonds. The number of hydrogen-bond acceptors (Lipinski definition) is 7. The quantitative estimate of drug-likeness (QED) is 0.857. The van der Waals surface area contributed by atoms with Crippen molar-refractivity contribution in [2.24, 2.45) is 10.1 Å². The molecule has 1 aliphatic heterocycles. The number of aliphatic imine (C=N–C) groups is 1. The molecule has 0 saturated heterocycles. The highest BCUT2D eigenvalue weighted by Gasteiger charge is 2.36. The highest BCUT2D eigenvalue weighted by molar-refractivity contribution is 8.13. The molecule has 1 aliphatic rings. The van der Waals surface area contributed by atoms with Crippen LogP contribution in [0.5, 0.6) is 0 Å². The van der Waals surface area contributed by atoms with Gasteiger partial charge in [0.1, 0.15) is 22.3 Å². The van der Waals surface area contributed by atoms with Crippen LogP contribution in [0, 0.1) is 11.3 Å². The van der Waals surface area contributed by atoms with E-state index >= 15 is 0 Å². The molecule has 0 aromatic carbocycles. The maximum Gasteiger partial charge on any atom is 0.150 e. The molecule has 1 N–H and O–H groups in total. The van der Waals surface area contributed by atoms with Crippen molar-refractivity contribution in [3.05, 3.63) is 35.9 Å². The summed E-state index contributed by atoms with van der Waals surface area (Å²) in [6.07, 6.45) is 7.94. The van der Waals surface area contributed by atoms with E-state index in [0.717, 1.165) is 12.1 Å². The zero-order valence-electron chi connectivity index (χ0n) is 13.7. The third-order valence-corrected chi connectivity index (χ3v) is 3.85. The molecule has 7 heteroatoms.